The SMILES string of the molecule is COc1ccc(Cl)cc1NCC(C)(O)C(=O)O. The van der Waals surface area contributed by atoms with E-state index in [1.165, 1.54) is 14.0 Å². The molecule has 5 nitrogen and oxygen atoms in total. The highest BCUT2D eigenvalue weighted by Crippen LogP contribution is 2.27. The average molecular weight is 260 g/mol. The molecule has 0 aliphatic carbocycles. The van der Waals surface area contributed by atoms with Crippen LogP contribution in [0.15, 0.2) is 18.2 Å². The van der Waals surface area contributed by atoms with E-state index in [9.17, 15) is 9.90 Å². The molecule has 17 heavy (non-hydrogen) atoms. The molecule has 0 aliphatic heterocycles. The number of carbonyl (C=O) groups is 1. The first-order valence-electron chi connectivity index (χ1n) is 4.90. The molecule has 1 unspecified atom stereocenters. The zero-order chi connectivity index (χ0) is 13.1. The number of aliphatic carboxylic acids is 1. The number of hydrogen-bond acceptors (Lipinski definition) is 4. The molecule has 1 aromatic rings. The smallest absolute Gasteiger partial charge is 0.337 e. The molecule has 0 spiro atoms. The molecular formula is C11H14ClNO4. The number of anilines is 1. The van der Waals surface area contributed by atoms with Crippen molar-refractivity contribution in [3.05, 3.63) is 23.2 Å². The Morgan fingerprint density at radius 3 is 2.76 bits per heavy atom. The fourth-order valence-corrected chi connectivity index (χ4v) is 1.33. The second-order valence-electron chi connectivity index (χ2n) is 3.78. The molecule has 0 amide bonds. The number of halogens is 1. The van der Waals surface area contributed by atoms with Crippen LogP contribution in [0.3, 0.4) is 0 Å². The van der Waals surface area contributed by atoms with Crippen molar-refractivity contribution < 1.29 is 19.7 Å². The third-order valence-corrected chi connectivity index (χ3v) is 2.48. The molecule has 0 saturated heterocycles. The number of carboxylic acids is 1. The van der Waals surface area contributed by atoms with Crippen molar-refractivity contribution in [2.24, 2.45) is 0 Å². The van der Waals surface area contributed by atoms with Crippen molar-refractivity contribution in [1.29, 1.82) is 0 Å². The Balaban J connectivity index is 2.81. The topological polar surface area (TPSA) is 78.8 Å². The molecule has 0 bridgehead atoms. The standard InChI is InChI=1S/C11H14ClNO4/c1-11(16,10(14)15)6-13-8-5-7(12)3-4-9(8)17-2/h3-5,13,16H,6H2,1-2H3,(H,14,15). The molecule has 1 rings (SSSR count). The first kappa shape index (κ1) is 13.6. The molecule has 1 atom stereocenters. The lowest BCUT2D eigenvalue weighted by Gasteiger charge is -2.20. The molecule has 0 radical (unpaired) electrons. The summed E-state index contributed by atoms with van der Waals surface area (Å²) in [6, 6.07) is 4.90. The van der Waals surface area contributed by atoms with E-state index in [-0.39, 0.29) is 6.54 Å². The Labute approximate surface area is 104 Å². The van der Waals surface area contributed by atoms with E-state index in [1.54, 1.807) is 18.2 Å². The minimum Gasteiger partial charge on any atom is -0.495 e. The van der Waals surface area contributed by atoms with Gasteiger partial charge in [0.25, 0.3) is 0 Å². The number of methoxy groups -OCH3 is 1. The maximum Gasteiger partial charge on any atom is 0.337 e. The van der Waals surface area contributed by atoms with Crippen LogP contribution < -0.4 is 10.1 Å². The molecule has 0 heterocycles. The highest BCUT2D eigenvalue weighted by Gasteiger charge is 2.29. The molecule has 0 fully saturated rings. The monoisotopic (exact) mass is 259 g/mol. The van der Waals surface area contributed by atoms with Crippen LogP contribution in [-0.4, -0.2) is 35.4 Å². The number of ether oxygens (including phenoxy) is 1. The normalized spacial score (nSPS) is 13.9. The summed E-state index contributed by atoms with van der Waals surface area (Å²) < 4.78 is 5.08. The van der Waals surface area contributed by atoms with Gasteiger partial charge in [0.15, 0.2) is 5.60 Å². The second kappa shape index (κ2) is 5.25. The fraction of sp³-hybridized carbons (Fsp3) is 0.364. The van der Waals surface area contributed by atoms with E-state index in [2.05, 4.69) is 5.32 Å². The molecular weight excluding hydrogens is 246 g/mol. The van der Waals surface area contributed by atoms with Crippen LogP contribution in [0, 0.1) is 0 Å². The first-order valence-corrected chi connectivity index (χ1v) is 5.28. The van der Waals surface area contributed by atoms with Gasteiger partial charge in [-0.2, -0.15) is 0 Å². The lowest BCUT2D eigenvalue weighted by atomic mass is 10.1. The van der Waals surface area contributed by atoms with Crippen LogP contribution in [0.25, 0.3) is 0 Å². The summed E-state index contributed by atoms with van der Waals surface area (Å²) in [6.45, 7) is 1.05. The third-order valence-electron chi connectivity index (χ3n) is 2.25. The summed E-state index contributed by atoms with van der Waals surface area (Å²) in [5.41, 5.74) is -1.32. The Morgan fingerprint density at radius 2 is 2.24 bits per heavy atom. The van der Waals surface area contributed by atoms with Gasteiger partial charge in [-0.15, -0.1) is 0 Å². The maximum atomic E-state index is 10.7. The zero-order valence-electron chi connectivity index (χ0n) is 9.53. The summed E-state index contributed by atoms with van der Waals surface area (Å²) in [5.74, 6) is -0.776. The average Bonchev–Trinajstić information content (AvgIpc) is 2.26. The molecule has 0 aromatic heterocycles. The van der Waals surface area contributed by atoms with Gasteiger partial charge in [-0.05, 0) is 25.1 Å². The largest absolute Gasteiger partial charge is 0.495 e. The van der Waals surface area contributed by atoms with Crippen LogP contribution in [0.4, 0.5) is 5.69 Å². The quantitative estimate of drug-likeness (QED) is 0.749. The van der Waals surface area contributed by atoms with Gasteiger partial charge in [0.05, 0.1) is 19.3 Å². The lowest BCUT2D eigenvalue weighted by molar-refractivity contribution is -0.155. The highest BCUT2D eigenvalue weighted by atomic mass is 35.5. The van der Waals surface area contributed by atoms with Crippen molar-refractivity contribution >= 4 is 23.3 Å². The van der Waals surface area contributed by atoms with Gasteiger partial charge >= 0.3 is 5.97 Å². The molecule has 94 valence electrons. The van der Waals surface area contributed by atoms with Gasteiger partial charge in [-0.25, -0.2) is 4.79 Å². The minimum atomic E-state index is -1.85. The van der Waals surface area contributed by atoms with Crippen LogP contribution in [-0.2, 0) is 4.79 Å². The summed E-state index contributed by atoms with van der Waals surface area (Å²) in [7, 11) is 1.49. The number of nitrogens with one attached hydrogen (secondary N) is 1. The first-order chi connectivity index (χ1) is 7.86. The number of hydrogen-bond donors (Lipinski definition) is 3. The minimum absolute atomic E-state index is 0.154. The van der Waals surface area contributed by atoms with Crippen LogP contribution >= 0.6 is 11.6 Å². The Bertz CT molecular complexity index is 420. The van der Waals surface area contributed by atoms with Crippen LogP contribution in [0.1, 0.15) is 6.92 Å². The highest BCUT2D eigenvalue weighted by molar-refractivity contribution is 6.30. The van der Waals surface area contributed by atoms with Gasteiger partial charge in [-0.1, -0.05) is 11.6 Å². The van der Waals surface area contributed by atoms with Crippen molar-refractivity contribution in [2.75, 3.05) is 19.0 Å². The maximum absolute atomic E-state index is 10.7. The Morgan fingerprint density at radius 1 is 1.59 bits per heavy atom. The third kappa shape index (κ3) is 3.51. The van der Waals surface area contributed by atoms with E-state index in [4.69, 9.17) is 21.4 Å². The Kier molecular flexibility index (Phi) is 4.20. The predicted octanol–water partition coefficient (Wildman–Crippen LogP) is 1.60. The molecule has 0 aliphatic rings. The summed E-state index contributed by atoms with van der Waals surface area (Å²) in [4.78, 5) is 10.7. The van der Waals surface area contributed by atoms with E-state index in [0.717, 1.165) is 0 Å². The zero-order valence-corrected chi connectivity index (χ0v) is 10.3. The van der Waals surface area contributed by atoms with Gasteiger partial charge < -0.3 is 20.3 Å². The number of carboxylic acid groups (broad SMARTS) is 1. The summed E-state index contributed by atoms with van der Waals surface area (Å²) in [5, 5.41) is 21.6. The molecule has 0 saturated carbocycles. The van der Waals surface area contributed by atoms with Crippen LogP contribution in [0.2, 0.25) is 5.02 Å². The van der Waals surface area contributed by atoms with Gasteiger partial charge in [0, 0.05) is 5.02 Å². The van der Waals surface area contributed by atoms with E-state index in [1.807, 2.05) is 0 Å². The van der Waals surface area contributed by atoms with Crippen molar-refractivity contribution in [1.82, 2.24) is 0 Å². The molecule has 6 heteroatoms. The second-order valence-corrected chi connectivity index (χ2v) is 4.21. The van der Waals surface area contributed by atoms with Gasteiger partial charge in [0.1, 0.15) is 5.75 Å². The molecule has 1 aromatic carbocycles. The lowest BCUT2D eigenvalue weighted by Crippen LogP contribution is -2.41. The van der Waals surface area contributed by atoms with Crippen molar-refractivity contribution in [3.63, 3.8) is 0 Å². The van der Waals surface area contributed by atoms with Crippen LogP contribution in [0.5, 0.6) is 5.75 Å². The molecule has 3 N–H and O–H groups in total. The summed E-state index contributed by atoms with van der Waals surface area (Å²) >= 11 is 5.81. The number of aliphatic hydroxyl groups is 1. The fourth-order valence-electron chi connectivity index (χ4n) is 1.16. The van der Waals surface area contributed by atoms with E-state index < -0.39 is 11.6 Å². The Hall–Kier alpha value is -1.46. The predicted molar refractivity (Wildman–Crippen MR) is 64.8 cm³/mol. The number of benzene rings is 1. The van der Waals surface area contributed by atoms with E-state index in [0.29, 0.717) is 16.5 Å². The summed E-state index contributed by atoms with van der Waals surface area (Å²) in [6.07, 6.45) is 0. The number of rotatable bonds is 5. The van der Waals surface area contributed by atoms with Gasteiger partial charge in [0.2, 0.25) is 0 Å². The van der Waals surface area contributed by atoms with Crippen molar-refractivity contribution in [2.45, 2.75) is 12.5 Å². The van der Waals surface area contributed by atoms with Crippen molar-refractivity contribution in [3.8, 4) is 5.75 Å². The van der Waals surface area contributed by atoms with E-state index >= 15 is 0 Å². The van der Waals surface area contributed by atoms with Gasteiger partial charge in [-0.3, -0.25) is 0 Å².